The van der Waals surface area contributed by atoms with E-state index in [2.05, 4.69) is 20.3 Å². The van der Waals surface area contributed by atoms with E-state index in [0.29, 0.717) is 35.4 Å². The average Bonchev–Trinajstić information content (AvgIpc) is 3.35. The fraction of sp³-hybridized carbons (Fsp3) is 0.407. The highest BCUT2D eigenvalue weighted by Crippen LogP contribution is 2.32. The van der Waals surface area contributed by atoms with Gasteiger partial charge in [0.15, 0.2) is 6.61 Å². The van der Waals surface area contributed by atoms with E-state index < -0.39 is 10.9 Å². The molecule has 0 radical (unpaired) electrons. The van der Waals surface area contributed by atoms with Crippen molar-refractivity contribution in [3.8, 4) is 5.75 Å². The number of hydrogen-bond acceptors (Lipinski definition) is 10. The first-order valence-electron chi connectivity index (χ1n) is 12.4. The second-order valence-corrected chi connectivity index (χ2v) is 10.4. The summed E-state index contributed by atoms with van der Waals surface area (Å²) >= 11 is 0. The molecule has 0 aliphatic carbocycles. The van der Waals surface area contributed by atoms with E-state index in [1.54, 1.807) is 36.3 Å². The molecule has 1 fully saturated rings. The van der Waals surface area contributed by atoms with Crippen molar-refractivity contribution in [3.63, 3.8) is 0 Å². The maximum atomic E-state index is 13.4. The lowest BCUT2D eigenvalue weighted by atomic mass is 10.0. The number of β-amino-alcohol motifs (C(OH)–C–C–N with tert-alkyl or cyclic N) is 1. The Balaban J connectivity index is 1.55. The molecule has 1 aliphatic heterocycles. The molecule has 1 saturated heterocycles. The number of hydrogen-bond donors (Lipinski definition) is 1. The second-order valence-electron chi connectivity index (χ2n) is 9.46. The van der Waals surface area contributed by atoms with E-state index in [4.69, 9.17) is 8.92 Å². The lowest BCUT2D eigenvalue weighted by Crippen LogP contribution is -2.41. The number of rotatable bonds is 10. The summed E-state index contributed by atoms with van der Waals surface area (Å²) in [4.78, 5) is 23.7. The first-order valence-corrected chi connectivity index (χ1v) is 13.4. The summed E-state index contributed by atoms with van der Waals surface area (Å²) in [5, 5.41) is 10.7. The van der Waals surface area contributed by atoms with Gasteiger partial charge in [0.25, 0.3) is 5.91 Å². The van der Waals surface area contributed by atoms with Crippen LogP contribution in [0.3, 0.4) is 0 Å². The fourth-order valence-electron chi connectivity index (χ4n) is 4.55. The number of likely N-dealkylation sites (N-methyl/N-ethyl adjacent to an activating group) is 1. The predicted molar refractivity (Wildman–Crippen MR) is 148 cm³/mol. The van der Waals surface area contributed by atoms with Crippen LogP contribution in [0.15, 0.2) is 59.1 Å². The van der Waals surface area contributed by atoms with Crippen LogP contribution in [0.25, 0.3) is 10.9 Å². The third-order valence-electron chi connectivity index (χ3n) is 6.69. The Hall–Kier alpha value is -3.25. The van der Waals surface area contributed by atoms with Crippen LogP contribution < -0.4 is 9.64 Å². The largest absolute Gasteiger partial charge is 0.483 e. The highest BCUT2D eigenvalue weighted by molar-refractivity contribution is 7.69. The summed E-state index contributed by atoms with van der Waals surface area (Å²) in [5.41, 5.74) is 2.97. The molecule has 1 aromatic heterocycles. The number of fused-ring (bicyclic) bond motifs is 1. The van der Waals surface area contributed by atoms with E-state index in [0.717, 1.165) is 24.2 Å². The van der Waals surface area contributed by atoms with Gasteiger partial charge < -0.3 is 32.4 Å². The standard InChI is InChI=1S/C27H34N5O5S/c1-30(2)20-8-5-7-19(15-20)24(17-32-14-12-21(33)16-32)31(3)26(34)18-37-25-11-10-23(29-38(35)36-4)27-22(25)9-6-13-28-27/h5-11,13,15,21,24,33H,12,14,16-18H2,1-4H3/q-1/t21-,24?/m0/s1. The van der Waals surface area contributed by atoms with Crippen molar-refractivity contribution in [2.24, 2.45) is 4.36 Å². The zero-order valence-corrected chi connectivity index (χ0v) is 22.9. The number of carbonyl (C=O) groups excluding carboxylic acids is 1. The van der Waals surface area contributed by atoms with Crippen LogP contribution in [-0.2, 0) is 24.1 Å². The van der Waals surface area contributed by atoms with Crippen molar-refractivity contribution in [1.29, 1.82) is 0 Å². The average molecular weight is 541 g/mol. The molecule has 4 rings (SSSR count). The van der Waals surface area contributed by atoms with Crippen LogP contribution >= 0.6 is 0 Å². The topological polar surface area (TPSA) is 108 Å². The van der Waals surface area contributed by atoms with Gasteiger partial charge in [0, 0.05) is 65.2 Å². The quantitative estimate of drug-likeness (QED) is 0.391. The summed E-state index contributed by atoms with van der Waals surface area (Å²) < 4.78 is 26.5. The van der Waals surface area contributed by atoms with Gasteiger partial charge in [0.1, 0.15) is 5.75 Å². The zero-order chi connectivity index (χ0) is 27.2. The smallest absolute Gasteiger partial charge is 0.260 e. The molecule has 2 atom stereocenters. The van der Waals surface area contributed by atoms with Gasteiger partial charge >= 0.3 is 0 Å². The lowest BCUT2D eigenvalue weighted by molar-refractivity contribution is -0.134. The Morgan fingerprint density at radius 2 is 2.05 bits per heavy atom. The van der Waals surface area contributed by atoms with Crippen LogP contribution in [0.4, 0.5) is 11.4 Å². The summed E-state index contributed by atoms with van der Waals surface area (Å²) in [7, 11) is 5.23. The molecule has 1 amide bonds. The molecule has 1 aliphatic rings. The number of anilines is 1. The Kier molecular flexibility index (Phi) is 9.16. The molecule has 10 nitrogen and oxygen atoms in total. The van der Waals surface area contributed by atoms with Crippen molar-refractivity contribution >= 4 is 39.1 Å². The molecular formula is C27H34N5O5S-. The molecule has 2 heterocycles. The SMILES string of the molecule is CO[S-](=O)=Nc1ccc(OCC(=O)N(C)C(CN2CC[C@H](O)C2)c2cccc(N(C)C)c2)c2cccnc12. The van der Waals surface area contributed by atoms with Gasteiger partial charge in [-0.3, -0.25) is 14.7 Å². The van der Waals surface area contributed by atoms with Crippen molar-refractivity contribution in [1.82, 2.24) is 14.8 Å². The summed E-state index contributed by atoms with van der Waals surface area (Å²) in [6.07, 6.45) is 2.00. The minimum atomic E-state index is -1.83. The van der Waals surface area contributed by atoms with Crippen molar-refractivity contribution in [2.75, 3.05) is 59.4 Å². The number of amides is 1. The normalized spacial score (nSPS) is 17.4. The maximum absolute atomic E-state index is 13.4. The zero-order valence-electron chi connectivity index (χ0n) is 22.1. The molecule has 2 aromatic carbocycles. The van der Waals surface area contributed by atoms with Crippen LogP contribution in [-0.4, -0.2) is 86.4 Å². The van der Waals surface area contributed by atoms with Gasteiger partial charge in [-0.1, -0.05) is 23.0 Å². The Labute approximate surface area is 225 Å². The second kappa shape index (κ2) is 12.5. The molecule has 0 spiro atoms. The molecule has 204 valence electrons. The van der Waals surface area contributed by atoms with Crippen LogP contribution in [0.5, 0.6) is 5.75 Å². The number of likely N-dealkylation sites (tertiary alicyclic amines) is 1. The third kappa shape index (κ3) is 6.60. The fourth-order valence-corrected chi connectivity index (χ4v) is 4.93. The van der Waals surface area contributed by atoms with E-state index >= 15 is 0 Å². The van der Waals surface area contributed by atoms with Crippen LogP contribution in [0.1, 0.15) is 18.0 Å². The van der Waals surface area contributed by atoms with Gasteiger partial charge in [0.2, 0.25) is 0 Å². The Morgan fingerprint density at radius 3 is 2.76 bits per heavy atom. The number of aromatic nitrogens is 1. The van der Waals surface area contributed by atoms with E-state index in [-0.39, 0.29) is 24.7 Å². The maximum Gasteiger partial charge on any atom is 0.260 e. The molecule has 3 aromatic rings. The number of aliphatic hydroxyl groups excluding tert-OH is 1. The summed E-state index contributed by atoms with van der Waals surface area (Å²) in [5.74, 6) is 0.294. The number of pyridine rings is 1. The molecule has 38 heavy (non-hydrogen) atoms. The van der Waals surface area contributed by atoms with Crippen molar-refractivity contribution < 1.29 is 23.0 Å². The van der Waals surface area contributed by atoms with Gasteiger partial charge in [-0.05, 0) is 48.4 Å². The number of benzene rings is 2. The monoisotopic (exact) mass is 540 g/mol. The van der Waals surface area contributed by atoms with E-state index in [1.807, 2.05) is 43.3 Å². The number of nitrogens with zero attached hydrogens (tertiary/aromatic N) is 5. The van der Waals surface area contributed by atoms with Gasteiger partial charge in [-0.2, -0.15) is 0 Å². The van der Waals surface area contributed by atoms with Crippen LogP contribution in [0, 0.1) is 0 Å². The highest BCUT2D eigenvalue weighted by Gasteiger charge is 2.28. The Morgan fingerprint density at radius 1 is 1.24 bits per heavy atom. The molecule has 0 bridgehead atoms. The van der Waals surface area contributed by atoms with E-state index in [9.17, 15) is 14.1 Å². The minimum Gasteiger partial charge on any atom is -0.483 e. The molecule has 1 N–H and O–H groups in total. The van der Waals surface area contributed by atoms with Gasteiger partial charge in [-0.15, -0.1) is 0 Å². The summed E-state index contributed by atoms with van der Waals surface area (Å²) in [6.45, 7) is 1.81. The molecular weight excluding hydrogens is 506 g/mol. The first kappa shape index (κ1) is 27.8. The Bertz CT molecular complexity index is 1360. The van der Waals surface area contributed by atoms with Gasteiger partial charge in [0.05, 0.1) is 23.3 Å². The van der Waals surface area contributed by atoms with Gasteiger partial charge in [-0.25, -0.2) is 0 Å². The number of aliphatic hydroxyl groups is 1. The minimum absolute atomic E-state index is 0.173. The first-order chi connectivity index (χ1) is 18.3. The van der Waals surface area contributed by atoms with Crippen LogP contribution in [0.2, 0.25) is 0 Å². The number of ether oxygens (including phenoxy) is 1. The molecule has 0 saturated carbocycles. The van der Waals surface area contributed by atoms with Crippen molar-refractivity contribution in [3.05, 3.63) is 60.3 Å². The molecule has 1 unspecified atom stereocenters. The predicted octanol–water partition coefficient (Wildman–Crippen LogP) is 3.29. The van der Waals surface area contributed by atoms with Crippen molar-refractivity contribution in [2.45, 2.75) is 18.6 Å². The summed E-state index contributed by atoms with van der Waals surface area (Å²) in [6, 6.07) is 14.8. The third-order valence-corrected chi connectivity index (χ3v) is 7.32. The molecule has 11 heteroatoms. The van der Waals surface area contributed by atoms with E-state index in [1.165, 1.54) is 7.11 Å². The highest BCUT2D eigenvalue weighted by atomic mass is 32.2. The lowest BCUT2D eigenvalue weighted by Gasteiger charge is -2.32. The number of carbonyl (C=O) groups is 1.